The molecule has 1 N–H and O–H groups in total. The Morgan fingerprint density at radius 2 is 2.00 bits per heavy atom. The molecule has 0 aliphatic heterocycles. The van der Waals surface area contributed by atoms with Gasteiger partial charge in [-0.25, -0.2) is 4.98 Å². The average Bonchev–Trinajstić information content (AvgIpc) is 3.29. The monoisotopic (exact) mass is 413 g/mol. The van der Waals surface area contributed by atoms with Gasteiger partial charge in [-0.3, -0.25) is 9.78 Å². The number of rotatable bonds is 6. The molecule has 0 bridgehead atoms. The van der Waals surface area contributed by atoms with Crippen LogP contribution in [-0.4, -0.2) is 35.2 Å². The maximum absolute atomic E-state index is 12.9. The van der Waals surface area contributed by atoms with Crippen molar-refractivity contribution in [3.8, 4) is 17.1 Å². The van der Waals surface area contributed by atoms with E-state index in [1.54, 1.807) is 24.9 Å². The Labute approximate surface area is 180 Å². The highest BCUT2D eigenvalue weighted by Gasteiger charge is 2.26. The van der Waals surface area contributed by atoms with Crippen molar-refractivity contribution in [2.75, 3.05) is 5.32 Å². The third-order valence-electron chi connectivity index (χ3n) is 5.36. The van der Waals surface area contributed by atoms with Crippen molar-refractivity contribution in [2.45, 2.75) is 38.6 Å². The van der Waals surface area contributed by atoms with Crippen LogP contribution in [0.5, 0.6) is 0 Å². The SMILES string of the molecule is CC(C)c1cn(-c2ccnc(C(=O)Nc3cccc(-c4nncn4C4CC4)c3)c2)cn1. The van der Waals surface area contributed by atoms with Gasteiger partial charge in [-0.05, 0) is 43.0 Å². The van der Waals surface area contributed by atoms with Gasteiger partial charge in [-0.1, -0.05) is 26.0 Å². The number of pyridine rings is 1. The first kappa shape index (κ1) is 19.2. The molecule has 5 rings (SSSR count). The lowest BCUT2D eigenvalue weighted by atomic mass is 10.1. The van der Waals surface area contributed by atoms with Gasteiger partial charge in [0.15, 0.2) is 5.82 Å². The van der Waals surface area contributed by atoms with E-state index >= 15 is 0 Å². The Kier molecular flexibility index (Phi) is 4.82. The van der Waals surface area contributed by atoms with E-state index in [-0.39, 0.29) is 5.91 Å². The quantitative estimate of drug-likeness (QED) is 0.511. The summed E-state index contributed by atoms with van der Waals surface area (Å²) in [4.78, 5) is 21.5. The molecule has 1 aromatic carbocycles. The van der Waals surface area contributed by atoms with Crippen LogP contribution in [0.4, 0.5) is 5.69 Å². The molecule has 1 saturated carbocycles. The van der Waals surface area contributed by atoms with Crippen molar-refractivity contribution in [1.82, 2.24) is 29.3 Å². The first-order valence-electron chi connectivity index (χ1n) is 10.4. The number of imidazole rings is 1. The van der Waals surface area contributed by atoms with Crippen LogP contribution >= 0.6 is 0 Å². The number of nitrogens with zero attached hydrogens (tertiary/aromatic N) is 6. The highest BCUT2D eigenvalue weighted by Crippen LogP contribution is 2.37. The van der Waals surface area contributed by atoms with Crippen LogP contribution in [0.2, 0.25) is 0 Å². The second-order valence-corrected chi connectivity index (χ2v) is 8.09. The van der Waals surface area contributed by atoms with Crippen molar-refractivity contribution in [3.63, 3.8) is 0 Å². The zero-order valence-electron chi connectivity index (χ0n) is 17.4. The lowest BCUT2D eigenvalue weighted by Crippen LogP contribution is -2.14. The van der Waals surface area contributed by atoms with Crippen LogP contribution in [0.25, 0.3) is 17.1 Å². The molecular formula is C23H23N7O. The van der Waals surface area contributed by atoms with Gasteiger partial charge in [0.2, 0.25) is 0 Å². The number of aromatic nitrogens is 6. The maximum Gasteiger partial charge on any atom is 0.274 e. The number of hydrogen-bond donors (Lipinski definition) is 1. The number of hydrogen-bond acceptors (Lipinski definition) is 5. The predicted molar refractivity (Wildman–Crippen MR) is 117 cm³/mol. The first-order chi connectivity index (χ1) is 15.1. The Morgan fingerprint density at radius 1 is 1.13 bits per heavy atom. The van der Waals surface area contributed by atoms with Gasteiger partial charge < -0.3 is 14.5 Å². The molecule has 8 heteroatoms. The largest absolute Gasteiger partial charge is 0.321 e. The second kappa shape index (κ2) is 7.79. The molecule has 4 aromatic rings. The van der Waals surface area contributed by atoms with Crippen LogP contribution in [0.3, 0.4) is 0 Å². The van der Waals surface area contributed by atoms with Gasteiger partial charge in [0, 0.05) is 29.7 Å². The van der Waals surface area contributed by atoms with E-state index in [1.807, 2.05) is 41.1 Å². The van der Waals surface area contributed by atoms with Crippen molar-refractivity contribution < 1.29 is 4.79 Å². The molecule has 0 unspecified atom stereocenters. The smallest absolute Gasteiger partial charge is 0.274 e. The summed E-state index contributed by atoms with van der Waals surface area (Å²) in [5.41, 5.74) is 3.78. The topological polar surface area (TPSA) is 90.5 Å². The Hall–Kier alpha value is -3.81. The standard InChI is InChI=1S/C23H23N7O/c1-15(2)21-12-29(13-25-21)19-8-9-24-20(11-19)23(31)27-17-5-3-4-16(10-17)22-28-26-14-30(22)18-6-7-18/h3-5,8-15,18H,6-7H2,1-2H3,(H,27,31). The molecule has 156 valence electrons. The zero-order chi connectivity index (χ0) is 21.4. The Morgan fingerprint density at radius 3 is 2.77 bits per heavy atom. The lowest BCUT2D eigenvalue weighted by molar-refractivity contribution is 0.102. The van der Waals surface area contributed by atoms with E-state index in [1.165, 1.54) is 0 Å². The lowest BCUT2D eigenvalue weighted by Gasteiger charge is -2.09. The number of carbonyl (C=O) groups is 1. The summed E-state index contributed by atoms with van der Waals surface area (Å²) >= 11 is 0. The summed E-state index contributed by atoms with van der Waals surface area (Å²) in [6, 6.07) is 11.7. The third-order valence-corrected chi connectivity index (χ3v) is 5.36. The molecule has 3 heterocycles. The maximum atomic E-state index is 12.9. The Balaban J connectivity index is 1.36. The molecule has 1 amide bonds. The van der Waals surface area contributed by atoms with E-state index in [0.717, 1.165) is 35.6 Å². The highest BCUT2D eigenvalue weighted by atomic mass is 16.1. The number of benzene rings is 1. The van der Waals surface area contributed by atoms with Crippen LogP contribution in [0.1, 0.15) is 54.8 Å². The van der Waals surface area contributed by atoms with Crippen LogP contribution in [0.15, 0.2) is 61.4 Å². The van der Waals surface area contributed by atoms with E-state index < -0.39 is 0 Å². The van der Waals surface area contributed by atoms with Crippen LogP contribution < -0.4 is 5.32 Å². The molecule has 1 fully saturated rings. The summed E-state index contributed by atoms with van der Waals surface area (Å²) in [5, 5.41) is 11.3. The molecule has 3 aromatic heterocycles. The third kappa shape index (κ3) is 3.96. The van der Waals surface area contributed by atoms with Crippen LogP contribution in [-0.2, 0) is 0 Å². The molecule has 0 radical (unpaired) electrons. The van der Waals surface area contributed by atoms with E-state index in [2.05, 4.69) is 43.9 Å². The fourth-order valence-electron chi connectivity index (χ4n) is 3.48. The highest BCUT2D eigenvalue weighted by molar-refractivity contribution is 6.03. The van der Waals surface area contributed by atoms with Crippen molar-refractivity contribution in [3.05, 3.63) is 72.8 Å². The number of amides is 1. The summed E-state index contributed by atoms with van der Waals surface area (Å²) in [6.07, 6.45) is 9.44. The molecule has 8 nitrogen and oxygen atoms in total. The van der Waals surface area contributed by atoms with Gasteiger partial charge in [-0.2, -0.15) is 0 Å². The van der Waals surface area contributed by atoms with E-state index in [4.69, 9.17) is 0 Å². The van der Waals surface area contributed by atoms with Crippen molar-refractivity contribution >= 4 is 11.6 Å². The average molecular weight is 413 g/mol. The minimum atomic E-state index is -0.271. The number of nitrogens with one attached hydrogen (secondary N) is 1. The molecule has 0 atom stereocenters. The summed E-state index contributed by atoms with van der Waals surface area (Å²) in [7, 11) is 0. The minimum Gasteiger partial charge on any atom is -0.321 e. The molecule has 0 spiro atoms. The summed E-state index contributed by atoms with van der Waals surface area (Å²) in [6.45, 7) is 4.19. The van der Waals surface area contributed by atoms with E-state index in [0.29, 0.717) is 23.3 Å². The normalized spacial score (nSPS) is 13.5. The van der Waals surface area contributed by atoms with Crippen molar-refractivity contribution in [1.29, 1.82) is 0 Å². The fourth-order valence-corrected chi connectivity index (χ4v) is 3.48. The zero-order valence-corrected chi connectivity index (χ0v) is 17.4. The van der Waals surface area contributed by atoms with Crippen molar-refractivity contribution in [2.24, 2.45) is 0 Å². The molecule has 1 aliphatic rings. The number of anilines is 1. The molecule has 31 heavy (non-hydrogen) atoms. The molecule has 1 aliphatic carbocycles. The van der Waals surface area contributed by atoms with Gasteiger partial charge in [0.1, 0.15) is 12.0 Å². The second-order valence-electron chi connectivity index (χ2n) is 8.09. The van der Waals surface area contributed by atoms with Crippen LogP contribution in [0, 0.1) is 0 Å². The van der Waals surface area contributed by atoms with Gasteiger partial charge in [0.25, 0.3) is 5.91 Å². The van der Waals surface area contributed by atoms with E-state index in [9.17, 15) is 4.79 Å². The van der Waals surface area contributed by atoms with Gasteiger partial charge >= 0.3 is 0 Å². The van der Waals surface area contributed by atoms with Gasteiger partial charge in [-0.15, -0.1) is 10.2 Å². The predicted octanol–water partition coefficient (Wildman–Crippen LogP) is 4.24. The summed E-state index contributed by atoms with van der Waals surface area (Å²) in [5.74, 6) is 0.885. The minimum absolute atomic E-state index is 0.271. The Bertz CT molecular complexity index is 1240. The first-order valence-corrected chi connectivity index (χ1v) is 10.4. The molecular weight excluding hydrogens is 390 g/mol. The summed E-state index contributed by atoms with van der Waals surface area (Å²) < 4.78 is 4.00. The number of carbonyl (C=O) groups excluding carboxylic acids is 1. The van der Waals surface area contributed by atoms with Gasteiger partial charge in [0.05, 0.1) is 17.7 Å². The fraction of sp³-hybridized carbons (Fsp3) is 0.261. The molecule has 0 saturated heterocycles.